The molecule has 0 bridgehead atoms. The lowest BCUT2D eigenvalue weighted by atomic mass is 10.2. The fourth-order valence-corrected chi connectivity index (χ4v) is 2.56. The molecule has 1 atom stereocenters. The van der Waals surface area contributed by atoms with Gasteiger partial charge in [0.2, 0.25) is 6.17 Å². The zero-order valence-corrected chi connectivity index (χ0v) is 12.7. The van der Waals surface area contributed by atoms with Crippen LogP contribution in [0.4, 0.5) is 11.5 Å². The monoisotopic (exact) mass is 301 g/mol. The molecule has 112 valence electrons. The molecular formula is C18H15N5. The van der Waals surface area contributed by atoms with E-state index in [1.54, 1.807) is 0 Å². The third-order valence-electron chi connectivity index (χ3n) is 3.72. The lowest BCUT2D eigenvalue weighted by molar-refractivity contribution is 0.591. The second-order valence-electron chi connectivity index (χ2n) is 5.38. The van der Waals surface area contributed by atoms with Crippen molar-refractivity contribution in [2.24, 2.45) is 15.2 Å². The van der Waals surface area contributed by atoms with Gasteiger partial charge in [-0.1, -0.05) is 48.5 Å². The highest BCUT2D eigenvalue weighted by Gasteiger charge is 2.26. The molecule has 0 fully saturated rings. The molecule has 2 heterocycles. The molecule has 1 aromatic heterocycles. The third-order valence-corrected chi connectivity index (χ3v) is 3.72. The molecule has 1 aliphatic heterocycles. The van der Waals surface area contributed by atoms with E-state index >= 15 is 0 Å². The summed E-state index contributed by atoms with van der Waals surface area (Å²) in [5, 5.41) is 13.4. The Bertz CT molecular complexity index is 878. The number of azo groups is 1. The van der Waals surface area contributed by atoms with Crippen LogP contribution in [0, 0.1) is 0 Å². The highest BCUT2D eigenvalue weighted by atomic mass is 15.4. The Kier molecular flexibility index (Phi) is 3.31. The molecule has 0 amide bonds. The normalized spacial score (nSPS) is 16.6. The Labute approximate surface area is 134 Å². The van der Waals surface area contributed by atoms with Crippen molar-refractivity contribution in [3.8, 4) is 11.3 Å². The van der Waals surface area contributed by atoms with Gasteiger partial charge in [0.25, 0.3) is 0 Å². The van der Waals surface area contributed by atoms with Crippen LogP contribution in [-0.2, 0) is 0 Å². The van der Waals surface area contributed by atoms with Crippen LogP contribution in [0.5, 0.6) is 0 Å². The Morgan fingerprint density at radius 1 is 0.957 bits per heavy atom. The number of fused-ring (bicyclic) bond motifs is 1. The van der Waals surface area contributed by atoms with Crippen LogP contribution >= 0.6 is 0 Å². The van der Waals surface area contributed by atoms with E-state index in [9.17, 15) is 0 Å². The van der Waals surface area contributed by atoms with Crippen molar-refractivity contribution in [1.29, 1.82) is 0 Å². The minimum absolute atomic E-state index is 0.275. The van der Waals surface area contributed by atoms with Gasteiger partial charge in [0, 0.05) is 11.6 Å². The molecule has 1 unspecified atom stereocenters. The van der Waals surface area contributed by atoms with Crippen LogP contribution in [0.25, 0.3) is 11.3 Å². The Morgan fingerprint density at radius 2 is 1.65 bits per heavy atom. The van der Waals surface area contributed by atoms with Gasteiger partial charge < -0.3 is 0 Å². The second-order valence-corrected chi connectivity index (χ2v) is 5.38. The van der Waals surface area contributed by atoms with E-state index in [-0.39, 0.29) is 6.17 Å². The SMILES string of the molecule is CC1=Nc2cc(-c3ccccc3)nn2C1N=Nc1ccccc1. The molecule has 0 saturated heterocycles. The highest BCUT2D eigenvalue weighted by Crippen LogP contribution is 2.33. The maximum absolute atomic E-state index is 4.65. The fraction of sp³-hybridized carbons (Fsp3) is 0.111. The summed E-state index contributed by atoms with van der Waals surface area (Å²) in [4.78, 5) is 4.56. The predicted octanol–water partition coefficient (Wildman–Crippen LogP) is 4.94. The van der Waals surface area contributed by atoms with Gasteiger partial charge in [0.05, 0.1) is 17.1 Å². The molecule has 4 rings (SSSR count). The van der Waals surface area contributed by atoms with Crippen LogP contribution in [0.1, 0.15) is 13.1 Å². The summed E-state index contributed by atoms with van der Waals surface area (Å²) >= 11 is 0. The Morgan fingerprint density at radius 3 is 2.39 bits per heavy atom. The second kappa shape index (κ2) is 5.61. The average Bonchev–Trinajstić information content (AvgIpc) is 3.12. The van der Waals surface area contributed by atoms with E-state index in [4.69, 9.17) is 0 Å². The topological polar surface area (TPSA) is 54.9 Å². The molecular weight excluding hydrogens is 286 g/mol. The quantitative estimate of drug-likeness (QED) is 0.632. The van der Waals surface area contributed by atoms with Crippen molar-refractivity contribution in [3.05, 3.63) is 66.7 Å². The smallest absolute Gasteiger partial charge is 0.202 e. The van der Waals surface area contributed by atoms with Crippen LogP contribution in [0.2, 0.25) is 0 Å². The van der Waals surface area contributed by atoms with Gasteiger partial charge >= 0.3 is 0 Å². The summed E-state index contributed by atoms with van der Waals surface area (Å²) < 4.78 is 1.82. The Hall–Kier alpha value is -3.08. The third kappa shape index (κ3) is 2.57. The molecule has 0 N–H and O–H groups in total. The number of nitrogens with zero attached hydrogens (tertiary/aromatic N) is 5. The molecule has 23 heavy (non-hydrogen) atoms. The van der Waals surface area contributed by atoms with E-state index < -0.39 is 0 Å². The summed E-state index contributed by atoms with van der Waals surface area (Å²) in [5.74, 6) is 0.818. The average molecular weight is 301 g/mol. The lowest BCUT2D eigenvalue weighted by Crippen LogP contribution is -2.10. The van der Waals surface area contributed by atoms with Crippen molar-refractivity contribution >= 4 is 17.2 Å². The zero-order valence-electron chi connectivity index (χ0n) is 12.7. The van der Waals surface area contributed by atoms with Gasteiger partial charge in [-0.15, -0.1) is 0 Å². The highest BCUT2D eigenvalue weighted by molar-refractivity contribution is 5.91. The first-order chi connectivity index (χ1) is 11.3. The fourth-order valence-electron chi connectivity index (χ4n) is 2.56. The molecule has 5 heteroatoms. The minimum Gasteiger partial charge on any atom is -0.234 e. The summed E-state index contributed by atoms with van der Waals surface area (Å²) in [5.41, 5.74) is 3.69. The molecule has 0 radical (unpaired) electrons. The van der Waals surface area contributed by atoms with Crippen molar-refractivity contribution in [2.75, 3.05) is 0 Å². The molecule has 0 spiro atoms. The summed E-state index contributed by atoms with van der Waals surface area (Å²) in [6, 6.07) is 21.7. The molecule has 0 saturated carbocycles. The van der Waals surface area contributed by atoms with E-state index in [1.165, 1.54) is 0 Å². The zero-order chi connectivity index (χ0) is 15.6. The number of aliphatic imine (C=N–C) groups is 1. The van der Waals surface area contributed by atoms with Crippen LogP contribution in [0.3, 0.4) is 0 Å². The lowest BCUT2D eigenvalue weighted by Gasteiger charge is -2.06. The predicted molar refractivity (Wildman–Crippen MR) is 90.4 cm³/mol. The first-order valence-corrected chi connectivity index (χ1v) is 7.47. The molecule has 0 aliphatic carbocycles. The molecule has 5 nitrogen and oxygen atoms in total. The van der Waals surface area contributed by atoms with E-state index in [0.717, 1.165) is 28.5 Å². The van der Waals surface area contributed by atoms with Crippen molar-refractivity contribution < 1.29 is 0 Å². The maximum Gasteiger partial charge on any atom is 0.202 e. The minimum atomic E-state index is -0.275. The van der Waals surface area contributed by atoms with Crippen molar-refractivity contribution in [1.82, 2.24) is 9.78 Å². The standard InChI is InChI=1S/C18H15N5/c1-13-18(21-20-15-10-6-3-7-11-15)23-17(19-13)12-16(22-23)14-8-4-2-5-9-14/h2-12,18H,1H3. The van der Waals surface area contributed by atoms with Gasteiger partial charge in [-0.25, -0.2) is 9.67 Å². The summed E-state index contributed by atoms with van der Waals surface area (Å²) in [7, 11) is 0. The molecule has 3 aromatic rings. The van der Waals surface area contributed by atoms with Gasteiger partial charge in [-0.05, 0) is 19.1 Å². The summed E-state index contributed by atoms with van der Waals surface area (Å²) in [6.45, 7) is 1.95. The molecule has 2 aromatic carbocycles. The van der Waals surface area contributed by atoms with E-state index in [1.807, 2.05) is 78.3 Å². The van der Waals surface area contributed by atoms with E-state index in [2.05, 4.69) is 20.3 Å². The first kappa shape index (κ1) is 13.6. The van der Waals surface area contributed by atoms with Crippen LogP contribution in [-0.4, -0.2) is 15.5 Å². The maximum atomic E-state index is 4.65. The molecule has 1 aliphatic rings. The van der Waals surface area contributed by atoms with Crippen molar-refractivity contribution in [2.45, 2.75) is 13.1 Å². The van der Waals surface area contributed by atoms with Crippen molar-refractivity contribution in [3.63, 3.8) is 0 Å². The number of aromatic nitrogens is 2. The number of hydrogen-bond donors (Lipinski definition) is 0. The number of hydrogen-bond acceptors (Lipinski definition) is 4. The number of rotatable bonds is 3. The van der Waals surface area contributed by atoms with Gasteiger partial charge in [0.1, 0.15) is 0 Å². The first-order valence-electron chi connectivity index (χ1n) is 7.47. The van der Waals surface area contributed by atoms with Crippen LogP contribution in [0.15, 0.2) is 82.0 Å². The Balaban J connectivity index is 1.66. The largest absolute Gasteiger partial charge is 0.234 e. The van der Waals surface area contributed by atoms with Gasteiger partial charge in [-0.3, -0.25) is 0 Å². The summed E-state index contributed by atoms with van der Waals surface area (Å²) in [6.07, 6.45) is -0.275. The number of benzene rings is 2. The van der Waals surface area contributed by atoms with Crippen LogP contribution < -0.4 is 0 Å². The van der Waals surface area contributed by atoms with E-state index in [0.29, 0.717) is 0 Å². The van der Waals surface area contributed by atoms with Gasteiger partial charge in [-0.2, -0.15) is 15.3 Å². The van der Waals surface area contributed by atoms with Gasteiger partial charge in [0.15, 0.2) is 5.82 Å².